The summed E-state index contributed by atoms with van der Waals surface area (Å²) in [4.78, 5) is 30.6. The maximum atomic E-state index is 12.8. The number of aromatic nitrogens is 2. The highest BCUT2D eigenvalue weighted by molar-refractivity contribution is 6.34. The minimum absolute atomic E-state index is 0.0141. The molecule has 29 heavy (non-hydrogen) atoms. The predicted octanol–water partition coefficient (Wildman–Crippen LogP) is 4.77. The van der Waals surface area contributed by atoms with Gasteiger partial charge in [0.1, 0.15) is 5.52 Å². The molecule has 150 valence electrons. The number of pyridine rings is 1. The lowest BCUT2D eigenvalue weighted by Crippen LogP contribution is -2.27. The number of hydrogen-bond donors (Lipinski definition) is 1. The molecule has 0 spiro atoms. The number of fused-ring (bicyclic) bond motifs is 1. The van der Waals surface area contributed by atoms with Gasteiger partial charge in [0.2, 0.25) is 0 Å². The van der Waals surface area contributed by atoms with Crippen molar-refractivity contribution in [2.24, 2.45) is 0 Å². The Kier molecular flexibility index (Phi) is 5.33. The molecule has 1 fully saturated rings. The molecule has 0 atom stereocenters. The molecular weight excluding hydrogens is 386 g/mol. The van der Waals surface area contributed by atoms with Gasteiger partial charge in [-0.2, -0.15) is 0 Å². The summed E-state index contributed by atoms with van der Waals surface area (Å²) in [6, 6.07) is 7.51. The van der Waals surface area contributed by atoms with E-state index < -0.39 is 0 Å². The Morgan fingerprint density at radius 3 is 2.69 bits per heavy atom. The third-order valence-electron chi connectivity index (χ3n) is 5.44. The number of likely N-dealkylation sites (tertiary alicyclic amines) is 1. The Morgan fingerprint density at radius 2 is 2.00 bits per heavy atom. The zero-order valence-corrected chi connectivity index (χ0v) is 17.4. The Labute approximate surface area is 174 Å². The molecule has 2 aromatic heterocycles. The molecule has 1 aromatic carbocycles. The van der Waals surface area contributed by atoms with E-state index >= 15 is 0 Å². The summed E-state index contributed by atoms with van der Waals surface area (Å²) in [6.07, 6.45) is 7.81. The van der Waals surface area contributed by atoms with Gasteiger partial charge >= 0.3 is 0 Å². The highest BCUT2D eigenvalue weighted by atomic mass is 35.5. The zero-order valence-electron chi connectivity index (χ0n) is 16.7. The van der Waals surface area contributed by atoms with Crippen molar-refractivity contribution in [2.45, 2.75) is 33.2 Å². The van der Waals surface area contributed by atoms with E-state index in [1.807, 2.05) is 55.3 Å². The van der Waals surface area contributed by atoms with Crippen molar-refractivity contribution < 1.29 is 4.79 Å². The van der Waals surface area contributed by atoms with Gasteiger partial charge in [0, 0.05) is 42.5 Å². The highest BCUT2D eigenvalue weighted by Crippen LogP contribution is 2.31. The van der Waals surface area contributed by atoms with Crippen molar-refractivity contribution in [2.75, 3.05) is 13.1 Å². The van der Waals surface area contributed by atoms with Crippen molar-refractivity contribution in [3.8, 4) is 11.1 Å². The fourth-order valence-corrected chi connectivity index (χ4v) is 4.19. The minimum Gasteiger partial charge on any atom is -0.354 e. The van der Waals surface area contributed by atoms with Crippen molar-refractivity contribution in [1.29, 1.82) is 0 Å². The molecule has 0 saturated carbocycles. The average molecular weight is 410 g/mol. The average Bonchev–Trinajstić information content (AvgIpc) is 3.37. The minimum atomic E-state index is -0.0538. The summed E-state index contributed by atoms with van der Waals surface area (Å²) in [6.45, 7) is 5.94. The van der Waals surface area contributed by atoms with Gasteiger partial charge in [0.25, 0.3) is 11.5 Å². The number of hydrogen-bond acceptors (Lipinski definition) is 2. The van der Waals surface area contributed by atoms with E-state index in [-0.39, 0.29) is 11.5 Å². The van der Waals surface area contributed by atoms with Crippen LogP contribution >= 0.6 is 11.6 Å². The number of aromatic amines is 1. The van der Waals surface area contributed by atoms with Crippen LogP contribution in [0.3, 0.4) is 0 Å². The summed E-state index contributed by atoms with van der Waals surface area (Å²) in [5.41, 5.74) is 3.77. The third kappa shape index (κ3) is 3.62. The molecule has 6 heteroatoms. The molecule has 1 aliphatic rings. The number of H-pyrrole nitrogens is 1. The Hall–Kier alpha value is -2.79. The number of nitrogens with zero attached hydrogens (tertiary/aromatic N) is 2. The monoisotopic (exact) mass is 409 g/mol. The summed E-state index contributed by atoms with van der Waals surface area (Å²) in [7, 11) is 0. The molecule has 0 unspecified atom stereocenters. The van der Waals surface area contributed by atoms with E-state index in [9.17, 15) is 9.59 Å². The smallest absolute Gasteiger partial charge is 0.275 e. The van der Waals surface area contributed by atoms with Gasteiger partial charge in [-0.1, -0.05) is 29.8 Å². The fourth-order valence-electron chi connectivity index (χ4n) is 3.93. The lowest BCUT2D eigenvalue weighted by atomic mass is 10.0. The maximum absolute atomic E-state index is 12.8. The quantitative estimate of drug-likeness (QED) is 0.631. The van der Waals surface area contributed by atoms with E-state index in [2.05, 4.69) is 4.98 Å². The number of aryl methyl sites for hydroxylation is 1. The second-order valence-electron chi connectivity index (χ2n) is 7.50. The number of carbonyl (C=O) groups excluding carboxylic acids is 1. The summed E-state index contributed by atoms with van der Waals surface area (Å²) >= 11 is 6.53. The maximum Gasteiger partial charge on any atom is 0.275 e. The first kappa shape index (κ1) is 19.5. The van der Waals surface area contributed by atoms with Crippen molar-refractivity contribution in [3.05, 3.63) is 69.2 Å². The van der Waals surface area contributed by atoms with Gasteiger partial charge in [-0.05, 0) is 50.5 Å². The normalized spacial score (nSPS) is 14.4. The van der Waals surface area contributed by atoms with Gasteiger partial charge in [-0.25, -0.2) is 0 Å². The molecule has 3 heterocycles. The fraction of sp³-hybridized carbons (Fsp3) is 0.304. The second kappa shape index (κ2) is 7.91. The molecule has 3 aromatic rings. The number of benzene rings is 1. The van der Waals surface area contributed by atoms with Crippen LogP contribution in [0.4, 0.5) is 0 Å². The molecule has 1 aliphatic heterocycles. The van der Waals surface area contributed by atoms with Crippen LogP contribution in [0.25, 0.3) is 22.0 Å². The number of halogens is 1. The van der Waals surface area contributed by atoms with Crippen LogP contribution < -0.4 is 5.56 Å². The Morgan fingerprint density at radius 1 is 1.24 bits per heavy atom. The van der Waals surface area contributed by atoms with Crippen molar-refractivity contribution in [1.82, 2.24) is 14.5 Å². The summed E-state index contributed by atoms with van der Waals surface area (Å²) in [5.74, 6) is -0.0141. The van der Waals surface area contributed by atoms with Crippen LogP contribution in [0.1, 0.15) is 35.8 Å². The molecule has 0 bridgehead atoms. The van der Waals surface area contributed by atoms with Gasteiger partial charge in [-0.15, -0.1) is 0 Å². The molecule has 1 amide bonds. The molecule has 1 N–H and O–H groups in total. The van der Waals surface area contributed by atoms with E-state index in [1.165, 1.54) is 0 Å². The number of allylic oxidation sites excluding steroid dienone is 2. The summed E-state index contributed by atoms with van der Waals surface area (Å²) in [5, 5.41) is 1.30. The molecule has 5 nitrogen and oxygen atoms in total. The van der Waals surface area contributed by atoms with Gasteiger partial charge in [-0.3, -0.25) is 9.59 Å². The Bertz CT molecular complexity index is 1170. The zero-order chi connectivity index (χ0) is 20.5. The van der Waals surface area contributed by atoms with Crippen LogP contribution in [0, 0.1) is 6.92 Å². The standard InChI is InChI=1S/C23H24ClN3O2/c1-3-4-9-27-14-19(18-12-15(2)25-21(18)23(27)29)16-7-8-17(20(24)13-16)22(28)26-10-5-6-11-26/h3-4,7-8,12-14,25H,5-6,9-11H2,1-2H3. The Balaban J connectivity index is 1.81. The van der Waals surface area contributed by atoms with E-state index in [0.29, 0.717) is 22.6 Å². The van der Waals surface area contributed by atoms with Crippen LogP contribution in [0.15, 0.2) is 47.4 Å². The van der Waals surface area contributed by atoms with Crippen molar-refractivity contribution in [3.63, 3.8) is 0 Å². The number of nitrogens with one attached hydrogen (secondary N) is 1. The molecular formula is C23H24ClN3O2. The number of rotatable bonds is 4. The highest BCUT2D eigenvalue weighted by Gasteiger charge is 2.22. The third-order valence-corrected chi connectivity index (χ3v) is 5.76. The molecule has 0 aliphatic carbocycles. The lowest BCUT2D eigenvalue weighted by Gasteiger charge is -2.17. The number of amides is 1. The SMILES string of the molecule is CC=CCn1cc(-c2ccc(C(=O)N3CCCC3)c(Cl)c2)c2cc(C)[nH]c2c1=O. The van der Waals surface area contributed by atoms with E-state index in [0.717, 1.165) is 48.1 Å². The summed E-state index contributed by atoms with van der Waals surface area (Å²) < 4.78 is 1.69. The first-order valence-electron chi connectivity index (χ1n) is 9.92. The predicted molar refractivity (Wildman–Crippen MR) is 118 cm³/mol. The van der Waals surface area contributed by atoms with E-state index in [1.54, 1.807) is 10.6 Å². The van der Waals surface area contributed by atoms with Crippen LogP contribution in [-0.2, 0) is 6.54 Å². The first-order valence-corrected chi connectivity index (χ1v) is 10.3. The molecule has 0 radical (unpaired) electrons. The largest absolute Gasteiger partial charge is 0.354 e. The molecule has 4 rings (SSSR count). The van der Waals surface area contributed by atoms with Crippen molar-refractivity contribution >= 4 is 28.4 Å². The second-order valence-corrected chi connectivity index (χ2v) is 7.91. The van der Waals surface area contributed by atoms with E-state index in [4.69, 9.17) is 11.6 Å². The number of carbonyl (C=O) groups is 1. The lowest BCUT2D eigenvalue weighted by molar-refractivity contribution is 0.0793. The van der Waals surface area contributed by atoms with Crippen LogP contribution in [0.2, 0.25) is 5.02 Å². The van der Waals surface area contributed by atoms with Gasteiger partial charge < -0.3 is 14.5 Å². The first-order chi connectivity index (χ1) is 14.0. The van der Waals surface area contributed by atoms with Crippen LogP contribution in [0.5, 0.6) is 0 Å². The van der Waals surface area contributed by atoms with Gasteiger partial charge in [0.15, 0.2) is 0 Å². The molecule has 1 saturated heterocycles. The van der Waals surface area contributed by atoms with Crippen LogP contribution in [-0.4, -0.2) is 33.4 Å². The topological polar surface area (TPSA) is 58.1 Å². The van der Waals surface area contributed by atoms with Gasteiger partial charge in [0.05, 0.1) is 10.6 Å².